The highest BCUT2D eigenvalue weighted by atomic mass is 79.9. The second-order valence-electron chi connectivity index (χ2n) is 4.26. The summed E-state index contributed by atoms with van der Waals surface area (Å²) >= 11 is 5.18. The third-order valence-corrected chi connectivity index (χ3v) is 4.37. The number of pyridine rings is 1. The summed E-state index contributed by atoms with van der Waals surface area (Å²) in [6.07, 6.45) is 2.72. The number of hydrogen-bond acceptors (Lipinski definition) is 3. The molecule has 0 spiro atoms. The Hall–Kier alpha value is -0.710. The molecule has 2 nitrogen and oxygen atoms in total. The van der Waals surface area contributed by atoms with E-state index in [9.17, 15) is 0 Å². The quantitative estimate of drug-likeness (QED) is 0.937. The molecule has 0 aliphatic carbocycles. The van der Waals surface area contributed by atoms with E-state index in [1.165, 1.54) is 16.0 Å². The topological polar surface area (TPSA) is 38.9 Å². The molecular formula is C13H15BrN2S. The molecule has 0 aliphatic rings. The average molecular weight is 311 g/mol. The molecule has 0 amide bonds. The predicted molar refractivity (Wildman–Crippen MR) is 76.4 cm³/mol. The highest BCUT2D eigenvalue weighted by Gasteiger charge is 2.12. The van der Waals surface area contributed by atoms with Crippen molar-refractivity contribution in [3.63, 3.8) is 0 Å². The molecule has 0 radical (unpaired) electrons. The molecular weight excluding hydrogens is 296 g/mol. The summed E-state index contributed by atoms with van der Waals surface area (Å²) in [5, 5.41) is 2.08. The van der Waals surface area contributed by atoms with Crippen LogP contribution in [0.2, 0.25) is 0 Å². The smallest absolute Gasteiger partial charge is 0.0603 e. The fourth-order valence-corrected chi connectivity index (χ4v) is 3.40. The van der Waals surface area contributed by atoms with Gasteiger partial charge in [0.1, 0.15) is 0 Å². The molecule has 90 valence electrons. The highest BCUT2D eigenvalue weighted by molar-refractivity contribution is 9.10. The molecule has 1 unspecified atom stereocenters. The van der Waals surface area contributed by atoms with E-state index in [0.717, 1.165) is 16.6 Å². The summed E-state index contributed by atoms with van der Waals surface area (Å²) in [6.45, 7) is 4.12. The van der Waals surface area contributed by atoms with Crippen molar-refractivity contribution in [2.45, 2.75) is 26.3 Å². The number of nitrogens with zero attached hydrogens (tertiary/aromatic N) is 1. The van der Waals surface area contributed by atoms with Gasteiger partial charge in [0, 0.05) is 27.3 Å². The highest BCUT2D eigenvalue weighted by Crippen LogP contribution is 2.25. The van der Waals surface area contributed by atoms with Gasteiger partial charge in [-0.05, 0) is 47.0 Å². The van der Waals surface area contributed by atoms with Crippen molar-refractivity contribution in [1.29, 1.82) is 0 Å². The molecule has 17 heavy (non-hydrogen) atoms. The maximum Gasteiger partial charge on any atom is 0.0603 e. The van der Waals surface area contributed by atoms with Crippen LogP contribution in [-0.4, -0.2) is 4.98 Å². The van der Waals surface area contributed by atoms with Crippen molar-refractivity contribution in [2.24, 2.45) is 5.73 Å². The van der Waals surface area contributed by atoms with E-state index < -0.39 is 0 Å². The van der Waals surface area contributed by atoms with E-state index in [2.05, 4.69) is 45.4 Å². The Morgan fingerprint density at radius 1 is 1.41 bits per heavy atom. The van der Waals surface area contributed by atoms with E-state index in [4.69, 9.17) is 5.73 Å². The normalized spacial score (nSPS) is 12.7. The first kappa shape index (κ1) is 12.7. The standard InChI is InChI=1S/C13H15BrN2S/c1-8-3-9(2)13(16-6-8)12(15)5-11-4-10(14)7-17-11/h3-4,6-7,12H,5,15H2,1-2H3. The maximum absolute atomic E-state index is 6.22. The second-order valence-corrected chi connectivity index (χ2v) is 6.17. The molecule has 2 rings (SSSR count). The van der Waals surface area contributed by atoms with E-state index in [1.54, 1.807) is 11.3 Å². The molecule has 0 saturated heterocycles. The van der Waals surface area contributed by atoms with Gasteiger partial charge in [0.15, 0.2) is 0 Å². The van der Waals surface area contributed by atoms with Crippen LogP contribution in [0.4, 0.5) is 0 Å². The molecule has 2 aromatic rings. The number of nitrogens with two attached hydrogens (primary N) is 1. The van der Waals surface area contributed by atoms with Gasteiger partial charge < -0.3 is 5.73 Å². The summed E-state index contributed by atoms with van der Waals surface area (Å²) in [5.41, 5.74) is 9.57. The van der Waals surface area contributed by atoms with Crippen LogP contribution in [0.1, 0.15) is 27.7 Å². The first-order chi connectivity index (χ1) is 8.06. The lowest BCUT2D eigenvalue weighted by atomic mass is 10.0. The van der Waals surface area contributed by atoms with E-state index >= 15 is 0 Å². The van der Waals surface area contributed by atoms with Crippen molar-refractivity contribution < 1.29 is 0 Å². The number of thiophene rings is 1. The third kappa shape index (κ3) is 3.15. The molecule has 2 heterocycles. The number of rotatable bonds is 3. The summed E-state index contributed by atoms with van der Waals surface area (Å²) in [5.74, 6) is 0. The molecule has 0 bridgehead atoms. The minimum atomic E-state index is -0.0267. The Morgan fingerprint density at radius 2 is 2.18 bits per heavy atom. The first-order valence-corrected chi connectivity index (χ1v) is 7.15. The van der Waals surface area contributed by atoms with Crippen LogP contribution in [0.25, 0.3) is 0 Å². The van der Waals surface area contributed by atoms with Gasteiger partial charge in [0.25, 0.3) is 0 Å². The zero-order valence-electron chi connectivity index (χ0n) is 9.90. The molecule has 0 aliphatic heterocycles. The van der Waals surface area contributed by atoms with Gasteiger partial charge in [-0.2, -0.15) is 0 Å². The van der Waals surface area contributed by atoms with Crippen molar-refractivity contribution >= 4 is 27.3 Å². The van der Waals surface area contributed by atoms with Gasteiger partial charge >= 0.3 is 0 Å². The minimum absolute atomic E-state index is 0.0267. The molecule has 0 saturated carbocycles. The van der Waals surface area contributed by atoms with Crippen LogP contribution >= 0.6 is 27.3 Å². The zero-order chi connectivity index (χ0) is 12.4. The Bertz CT molecular complexity index is 522. The number of aromatic nitrogens is 1. The molecule has 0 fully saturated rings. The fourth-order valence-electron chi connectivity index (χ4n) is 1.89. The van der Waals surface area contributed by atoms with E-state index in [-0.39, 0.29) is 6.04 Å². The fraction of sp³-hybridized carbons (Fsp3) is 0.308. The monoisotopic (exact) mass is 310 g/mol. The second kappa shape index (κ2) is 5.29. The van der Waals surface area contributed by atoms with E-state index in [0.29, 0.717) is 0 Å². The largest absolute Gasteiger partial charge is 0.322 e. The van der Waals surface area contributed by atoms with Gasteiger partial charge in [-0.25, -0.2) is 0 Å². The molecule has 1 atom stereocenters. The lowest BCUT2D eigenvalue weighted by Crippen LogP contribution is -2.16. The van der Waals surface area contributed by atoms with Gasteiger partial charge in [-0.3, -0.25) is 4.98 Å². The number of hydrogen-bond donors (Lipinski definition) is 1. The zero-order valence-corrected chi connectivity index (χ0v) is 12.3. The van der Waals surface area contributed by atoms with Crippen LogP contribution in [-0.2, 0) is 6.42 Å². The molecule has 4 heteroatoms. The van der Waals surface area contributed by atoms with Crippen LogP contribution in [0.3, 0.4) is 0 Å². The first-order valence-electron chi connectivity index (χ1n) is 5.48. The Balaban J connectivity index is 2.17. The summed E-state index contributed by atoms with van der Waals surface area (Å²) in [4.78, 5) is 5.73. The number of aryl methyl sites for hydroxylation is 2. The van der Waals surface area contributed by atoms with Gasteiger partial charge in [0.05, 0.1) is 11.7 Å². The van der Waals surface area contributed by atoms with Crippen LogP contribution in [0, 0.1) is 13.8 Å². The van der Waals surface area contributed by atoms with Crippen molar-refractivity contribution in [3.8, 4) is 0 Å². The van der Waals surface area contributed by atoms with Crippen molar-refractivity contribution in [1.82, 2.24) is 4.98 Å². The third-order valence-electron chi connectivity index (χ3n) is 2.65. The van der Waals surface area contributed by atoms with E-state index in [1.807, 2.05) is 13.1 Å². The molecule has 0 aromatic carbocycles. The van der Waals surface area contributed by atoms with Gasteiger partial charge in [-0.1, -0.05) is 6.07 Å². The predicted octanol–water partition coefficient (Wildman–Crippen LogP) is 3.76. The summed E-state index contributed by atoms with van der Waals surface area (Å²) in [6, 6.07) is 4.22. The average Bonchev–Trinajstić information content (AvgIpc) is 2.63. The molecule has 2 aromatic heterocycles. The van der Waals surface area contributed by atoms with Crippen molar-refractivity contribution in [3.05, 3.63) is 49.9 Å². The van der Waals surface area contributed by atoms with Gasteiger partial charge in [-0.15, -0.1) is 11.3 Å². The SMILES string of the molecule is Cc1cnc(C(N)Cc2cc(Br)cs2)c(C)c1. The van der Waals surface area contributed by atoms with Crippen LogP contribution in [0.5, 0.6) is 0 Å². The van der Waals surface area contributed by atoms with Crippen molar-refractivity contribution in [2.75, 3.05) is 0 Å². The summed E-state index contributed by atoms with van der Waals surface area (Å²) < 4.78 is 1.12. The van der Waals surface area contributed by atoms with Crippen LogP contribution < -0.4 is 5.73 Å². The Labute approximate surface area is 114 Å². The minimum Gasteiger partial charge on any atom is -0.322 e. The lowest BCUT2D eigenvalue weighted by molar-refractivity contribution is 0.696. The number of halogens is 1. The maximum atomic E-state index is 6.22. The lowest BCUT2D eigenvalue weighted by Gasteiger charge is -2.13. The Kier molecular flexibility index (Phi) is 3.97. The molecule has 2 N–H and O–H groups in total. The Morgan fingerprint density at radius 3 is 2.76 bits per heavy atom. The summed E-state index contributed by atoms with van der Waals surface area (Å²) in [7, 11) is 0. The van der Waals surface area contributed by atoms with Crippen LogP contribution in [0.15, 0.2) is 28.2 Å². The van der Waals surface area contributed by atoms with Gasteiger partial charge in [0.2, 0.25) is 0 Å².